The molecule has 0 aliphatic heterocycles. The second-order valence-corrected chi connectivity index (χ2v) is 4.96. The van der Waals surface area contributed by atoms with Crippen molar-refractivity contribution >= 4 is 11.4 Å². The number of nitrogens with one attached hydrogen (secondary N) is 1. The van der Waals surface area contributed by atoms with Crippen LogP contribution in [0.5, 0.6) is 11.5 Å². The van der Waals surface area contributed by atoms with Crippen molar-refractivity contribution in [2.24, 2.45) is 0 Å². The van der Waals surface area contributed by atoms with Crippen LogP contribution in [-0.4, -0.2) is 30.8 Å². The van der Waals surface area contributed by atoms with Gasteiger partial charge in [0, 0.05) is 12.6 Å². The minimum atomic E-state index is -0.973. The molecular weight excluding hydrogens is 319 g/mol. The van der Waals surface area contributed by atoms with Gasteiger partial charge in [0.25, 0.3) is 5.69 Å². The molecule has 0 fully saturated rings. The van der Waals surface area contributed by atoms with Crippen molar-refractivity contribution in [2.75, 3.05) is 26.1 Å². The number of aliphatic hydroxyl groups excluding tert-OH is 1. The minimum absolute atomic E-state index is 0.0111. The third-order valence-corrected chi connectivity index (χ3v) is 3.40. The Bertz CT molecular complexity index is 716. The van der Waals surface area contributed by atoms with Crippen LogP contribution in [0, 0.1) is 15.9 Å². The van der Waals surface area contributed by atoms with E-state index in [0.29, 0.717) is 17.1 Å². The minimum Gasteiger partial charge on any atom is -0.497 e. The molecule has 7 nitrogen and oxygen atoms in total. The van der Waals surface area contributed by atoms with Crippen LogP contribution in [0.4, 0.5) is 15.8 Å². The molecule has 0 radical (unpaired) electrons. The number of methoxy groups -OCH3 is 2. The quantitative estimate of drug-likeness (QED) is 0.596. The van der Waals surface area contributed by atoms with Gasteiger partial charge < -0.3 is 19.9 Å². The number of hydrogen-bond donors (Lipinski definition) is 2. The van der Waals surface area contributed by atoms with E-state index in [0.717, 1.165) is 12.1 Å². The number of aliphatic hydroxyl groups is 1. The maximum atomic E-state index is 13.1. The molecule has 0 aliphatic rings. The highest BCUT2D eigenvalue weighted by atomic mass is 19.1. The van der Waals surface area contributed by atoms with E-state index < -0.39 is 22.5 Å². The van der Waals surface area contributed by atoms with Gasteiger partial charge >= 0.3 is 0 Å². The summed E-state index contributed by atoms with van der Waals surface area (Å²) < 4.78 is 23.4. The van der Waals surface area contributed by atoms with Crippen molar-refractivity contribution in [3.8, 4) is 11.5 Å². The lowest BCUT2D eigenvalue weighted by Gasteiger charge is -2.15. The SMILES string of the molecule is COc1cc(OC)cc(C(O)CNc2ccc(F)cc2[N+](=O)[O-])c1. The zero-order chi connectivity index (χ0) is 17.7. The van der Waals surface area contributed by atoms with E-state index in [-0.39, 0.29) is 12.2 Å². The predicted molar refractivity (Wildman–Crippen MR) is 86.0 cm³/mol. The van der Waals surface area contributed by atoms with Gasteiger partial charge in [-0.25, -0.2) is 4.39 Å². The van der Waals surface area contributed by atoms with E-state index in [4.69, 9.17) is 9.47 Å². The first-order valence-electron chi connectivity index (χ1n) is 7.03. The average Bonchev–Trinajstić information content (AvgIpc) is 2.59. The fraction of sp³-hybridized carbons (Fsp3) is 0.250. The van der Waals surface area contributed by atoms with Gasteiger partial charge in [0.05, 0.1) is 31.3 Å². The Labute approximate surface area is 137 Å². The third-order valence-electron chi connectivity index (χ3n) is 3.40. The summed E-state index contributed by atoms with van der Waals surface area (Å²) >= 11 is 0. The van der Waals surface area contributed by atoms with Gasteiger partial charge in [-0.2, -0.15) is 0 Å². The van der Waals surface area contributed by atoms with Crippen LogP contribution >= 0.6 is 0 Å². The first kappa shape index (κ1) is 17.5. The Balaban J connectivity index is 2.16. The molecule has 1 unspecified atom stereocenters. The van der Waals surface area contributed by atoms with Gasteiger partial charge in [0.1, 0.15) is 23.0 Å². The van der Waals surface area contributed by atoms with Crippen LogP contribution in [0.3, 0.4) is 0 Å². The molecule has 0 heterocycles. The van der Waals surface area contributed by atoms with Crippen molar-refractivity contribution in [2.45, 2.75) is 6.10 Å². The number of nitro groups is 1. The molecule has 8 heteroatoms. The number of benzene rings is 2. The smallest absolute Gasteiger partial charge is 0.295 e. The van der Waals surface area contributed by atoms with Gasteiger partial charge in [0.15, 0.2) is 0 Å². The molecule has 0 saturated heterocycles. The maximum Gasteiger partial charge on any atom is 0.295 e. The Hall–Kier alpha value is -2.87. The Morgan fingerprint density at radius 3 is 2.38 bits per heavy atom. The first-order valence-corrected chi connectivity index (χ1v) is 7.03. The molecule has 0 saturated carbocycles. The lowest BCUT2D eigenvalue weighted by Crippen LogP contribution is -2.13. The van der Waals surface area contributed by atoms with E-state index in [1.54, 1.807) is 18.2 Å². The van der Waals surface area contributed by atoms with Crippen LogP contribution < -0.4 is 14.8 Å². The fourth-order valence-corrected chi connectivity index (χ4v) is 2.15. The highest BCUT2D eigenvalue weighted by molar-refractivity contribution is 5.61. The number of ether oxygens (including phenoxy) is 2. The Morgan fingerprint density at radius 2 is 1.83 bits per heavy atom. The normalized spacial score (nSPS) is 11.7. The molecule has 2 aromatic carbocycles. The summed E-state index contributed by atoms with van der Waals surface area (Å²) in [6.07, 6.45) is -0.973. The lowest BCUT2D eigenvalue weighted by atomic mass is 10.1. The second-order valence-electron chi connectivity index (χ2n) is 4.96. The van der Waals surface area contributed by atoms with E-state index in [2.05, 4.69) is 5.32 Å². The van der Waals surface area contributed by atoms with E-state index in [9.17, 15) is 19.6 Å². The van der Waals surface area contributed by atoms with Crippen molar-refractivity contribution < 1.29 is 23.9 Å². The molecule has 2 rings (SSSR count). The van der Waals surface area contributed by atoms with Crippen molar-refractivity contribution in [3.63, 3.8) is 0 Å². The topological polar surface area (TPSA) is 93.9 Å². The monoisotopic (exact) mass is 336 g/mol. The van der Waals surface area contributed by atoms with Gasteiger partial charge in [-0.1, -0.05) is 0 Å². The van der Waals surface area contributed by atoms with Crippen molar-refractivity contribution in [3.05, 3.63) is 57.9 Å². The lowest BCUT2D eigenvalue weighted by molar-refractivity contribution is -0.384. The Morgan fingerprint density at radius 1 is 1.21 bits per heavy atom. The van der Waals surface area contributed by atoms with Crippen LogP contribution in [0.25, 0.3) is 0 Å². The largest absolute Gasteiger partial charge is 0.497 e. The molecule has 2 N–H and O–H groups in total. The molecule has 24 heavy (non-hydrogen) atoms. The number of halogens is 1. The van der Waals surface area contributed by atoms with Crippen LogP contribution in [0.2, 0.25) is 0 Å². The molecular formula is C16H17FN2O5. The maximum absolute atomic E-state index is 13.1. The van der Waals surface area contributed by atoms with Crippen molar-refractivity contribution in [1.82, 2.24) is 0 Å². The first-order chi connectivity index (χ1) is 11.4. The van der Waals surface area contributed by atoms with Crippen molar-refractivity contribution in [1.29, 1.82) is 0 Å². The van der Waals surface area contributed by atoms with Crippen LogP contribution in [0.1, 0.15) is 11.7 Å². The van der Waals surface area contributed by atoms with Gasteiger partial charge in [0.2, 0.25) is 0 Å². The summed E-state index contributed by atoms with van der Waals surface area (Å²) in [7, 11) is 2.98. The zero-order valence-corrected chi connectivity index (χ0v) is 13.2. The number of hydrogen-bond acceptors (Lipinski definition) is 6. The van der Waals surface area contributed by atoms with E-state index in [1.807, 2.05) is 0 Å². The van der Waals surface area contributed by atoms with Gasteiger partial charge in [-0.15, -0.1) is 0 Å². The number of nitrogens with zero attached hydrogens (tertiary/aromatic N) is 1. The summed E-state index contributed by atoms with van der Waals surface area (Å²) in [5, 5.41) is 24.0. The summed E-state index contributed by atoms with van der Waals surface area (Å²) in [6.45, 7) is -0.0111. The molecule has 0 aliphatic carbocycles. The Kier molecular flexibility index (Phi) is 5.54. The highest BCUT2D eigenvalue weighted by Gasteiger charge is 2.17. The number of nitro benzene ring substituents is 1. The van der Waals surface area contributed by atoms with Crippen LogP contribution in [0.15, 0.2) is 36.4 Å². The number of anilines is 1. The molecule has 0 bridgehead atoms. The molecule has 2 aromatic rings. The van der Waals surface area contributed by atoms with E-state index in [1.165, 1.54) is 20.3 Å². The number of rotatable bonds is 7. The zero-order valence-electron chi connectivity index (χ0n) is 13.2. The summed E-state index contributed by atoms with van der Waals surface area (Å²) in [4.78, 5) is 10.3. The molecule has 128 valence electrons. The molecule has 1 atom stereocenters. The molecule has 0 aromatic heterocycles. The highest BCUT2D eigenvalue weighted by Crippen LogP contribution is 2.28. The molecule has 0 amide bonds. The van der Waals surface area contributed by atoms with Gasteiger partial charge in [-0.3, -0.25) is 10.1 Å². The van der Waals surface area contributed by atoms with Gasteiger partial charge in [-0.05, 0) is 29.8 Å². The summed E-state index contributed by atoms with van der Waals surface area (Å²) in [5.74, 6) is 0.317. The third kappa shape index (κ3) is 4.11. The second kappa shape index (κ2) is 7.60. The fourth-order valence-electron chi connectivity index (χ4n) is 2.15. The average molecular weight is 336 g/mol. The summed E-state index contributed by atoms with van der Waals surface area (Å²) in [6, 6.07) is 8.11. The molecule has 0 spiro atoms. The predicted octanol–water partition coefficient (Wildman–Crippen LogP) is 2.90. The van der Waals surface area contributed by atoms with E-state index >= 15 is 0 Å². The van der Waals surface area contributed by atoms with Crippen LogP contribution in [-0.2, 0) is 0 Å². The standard InChI is InChI=1S/C16H17FN2O5/c1-23-12-5-10(6-13(8-12)24-2)16(20)9-18-14-4-3-11(17)7-15(14)19(21)22/h3-8,16,18,20H,9H2,1-2H3. The summed E-state index contributed by atoms with van der Waals surface area (Å²) in [5.41, 5.74) is 0.240.